The van der Waals surface area contributed by atoms with Gasteiger partial charge in [0.2, 0.25) is 0 Å². The van der Waals surface area contributed by atoms with E-state index in [9.17, 15) is 0 Å². The lowest BCUT2D eigenvalue weighted by Gasteiger charge is -1.99. The number of nitrogens with one attached hydrogen (secondary N) is 1. The molecule has 0 spiro atoms. The van der Waals surface area contributed by atoms with E-state index in [1.54, 1.807) is 6.07 Å². The lowest BCUT2D eigenvalue weighted by Crippen LogP contribution is -1.98. The minimum Gasteiger partial charge on any atom is -0.370 e. The molecule has 0 radical (unpaired) electrons. The van der Waals surface area contributed by atoms with E-state index in [1.807, 2.05) is 13.8 Å². The third-order valence-corrected chi connectivity index (χ3v) is 1.20. The third kappa shape index (κ3) is 6.31. The van der Waals surface area contributed by atoms with Crippen molar-refractivity contribution < 1.29 is 0 Å². The summed E-state index contributed by atoms with van der Waals surface area (Å²) in [4.78, 5) is 7.66. The molecule has 3 N–H and O–H groups in total. The summed E-state index contributed by atoms with van der Waals surface area (Å²) < 4.78 is 0. The molecule has 0 fully saturated rings. The molecule has 74 valence electrons. The molecule has 1 rings (SSSR count). The number of rotatable bonds is 2. The van der Waals surface area contributed by atoms with Gasteiger partial charge in [-0.25, -0.2) is 9.97 Å². The second-order valence-corrected chi connectivity index (χ2v) is 2.55. The Labute approximate surface area is 83.5 Å². The van der Waals surface area contributed by atoms with Crippen LogP contribution < -0.4 is 11.1 Å². The van der Waals surface area contributed by atoms with Crippen LogP contribution in [0.2, 0.25) is 5.15 Å². The summed E-state index contributed by atoms with van der Waals surface area (Å²) >= 11 is 5.59. The smallest absolute Gasteiger partial charge is 0.134 e. The topological polar surface area (TPSA) is 63.8 Å². The van der Waals surface area contributed by atoms with Crippen molar-refractivity contribution >= 4 is 17.4 Å². The average Bonchev–Trinajstić information content (AvgIpc) is 2.06. The summed E-state index contributed by atoms with van der Waals surface area (Å²) in [6.07, 6.45) is 1.43. The van der Waals surface area contributed by atoms with Crippen molar-refractivity contribution in [1.82, 2.24) is 9.97 Å². The zero-order chi connectivity index (χ0) is 10.1. The van der Waals surface area contributed by atoms with Crippen LogP contribution in [0.5, 0.6) is 0 Å². The molecule has 1 aromatic rings. The van der Waals surface area contributed by atoms with Gasteiger partial charge in [-0.15, -0.1) is 0 Å². The van der Waals surface area contributed by atoms with Crippen LogP contribution in [0.3, 0.4) is 0 Å². The molecule has 0 aliphatic carbocycles. The molecule has 0 saturated heterocycles. The predicted molar refractivity (Wildman–Crippen MR) is 55.9 cm³/mol. The SMILES string of the molecule is CCN.CCNc1cc(Cl)ncn1. The van der Waals surface area contributed by atoms with E-state index in [-0.39, 0.29) is 0 Å². The second kappa shape index (κ2) is 7.76. The summed E-state index contributed by atoms with van der Waals surface area (Å²) in [6, 6.07) is 1.69. The highest BCUT2D eigenvalue weighted by atomic mass is 35.5. The van der Waals surface area contributed by atoms with Crippen LogP contribution >= 0.6 is 11.6 Å². The van der Waals surface area contributed by atoms with E-state index in [0.29, 0.717) is 5.15 Å². The Morgan fingerprint density at radius 2 is 2.08 bits per heavy atom. The minimum atomic E-state index is 0.464. The van der Waals surface area contributed by atoms with Crippen LogP contribution in [0.25, 0.3) is 0 Å². The fourth-order valence-corrected chi connectivity index (χ4v) is 0.758. The van der Waals surface area contributed by atoms with Crippen molar-refractivity contribution in [2.75, 3.05) is 18.4 Å². The molecule has 5 heteroatoms. The minimum absolute atomic E-state index is 0.464. The molecule has 0 aliphatic heterocycles. The van der Waals surface area contributed by atoms with Crippen LogP contribution in [-0.4, -0.2) is 23.1 Å². The van der Waals surface area contributed by atoms with E-state index >= 15 is 0 Å². The Bertz CT molecular complexity index is 229. The van der Waals surface area contributed by atoms with Crippen molar-refractivity contribution in [2.45, 2.75) is 13.8 Å². The molecule has 0 aromatic carbocycles. The summed E-state index contributed by atoms with van der Waals surface area (Å²) in [5, 5.41) is 3.48. The molecule has 0 saturated carbocycles. The van der Waals surface area contributed by atoms with Gasteiger partial charge in [-0.05, 0) is 13.5 Å². The highest BCUT2D eigenvalue weighted by Crippen LogP contribution is 2.07. The van der Waals surface area contributed by atoms with Gasteiger partial charge >= 0.3 is 0 Å². The van der Waals surface area contributed by atoms with Crippen molar-refractivity contribution in [3.05, 3.63) is 17.5 Å². The monoisotopic (exact) mass is 202 g/mol. The molecule has 0 bridgehead atoms. The van der Waals surface area contributed by atoms with Gasteiger partial charge in [-0.3, -0.25) is 0 Å². The normalized spacial score (nSPS) is 8.62. The average molecular weight is 203 g/mol. The quantitative estimate of drug-likeness (QED) is 0.714. The maximum Gasteiger partial charge on any atom is 0.134 e. The van der Waals surface area contributed by atoms with Crippen LogP contribution in [0.1, 0.15) is 13.8 Å². The van der Waals surface area contributed by atoms with Gasteiger partial charge in [0.05, 0.1) is 0 Å². The van der Waals surface area contributed by atoms with Crippen molar-refractivity contribution in [1.29, 1.82) is 0 Å². The zero-order valence-corrected chi connectivity index (χ0v) is 8.67. The molecular weight excluding hydrogens is 188 g/mol. The first kappa shape index (κ1) is 12.1. The Balaban J connectivity index is 0.000000424. The predicted octanol–water partition coefficient (Wildman–Crippen LogP) is 1.53. The molecule has 0 amide bonds. The van der Waals surface area contributed by atoms with Crippen molar-refractivity contribution in [3.63, 3.8) is 0 Å². The molecular formula is C8H15ClN4. The maximum absolute atomic E-state index is 5.59. The van der Waals surface area contributed by atoms with Gasteiger partial charge < -0.3 is 11.1 Å². The summed E-state index contributed by atoms with van der Waals surface area (Å²) in [6.45, 7) is 5.49. The first-order valence-corrected chi connectivity index (χ1v) is 4.53. The number of nitrogens with zero attached hydrogens (tertiary/aromatic N) is 2. The Morgan fingerprint density at radius 1 is 1.46 bits per heavy atom. The fraction of sp³-hybridized carbons (Fsp3) is 0.500. The lowest BCUT2D eigenvalue weighted by atomic mass is 10.5. The Morgan fingerprint density at radius 3 is 2.54 bits per heavy atom. The maximum atomic E-state index is 5.59. The van der Waals surface area contributed by atoms with E-state index in [1.165, 1.54) is 6.33 Å². The van der Waals surface area contributed by atoms with Gasteiger partial charge in [0.15, 0.2) is 0 Å². The first-order chi connectivity index (χ1) is 6.24. The first-order valence-electron chi connectivity index (χ1n) is 4.16. The lowest BCUT2D eigenvalue weighted by molar-refractivity contribution is 1.11. The molecule has 1 heterocycles. The molecule has 4 nitrogen and oxygen atoms in total. The zero-order valence-electron chi connectivity index (χ0n) is 7.92. The molecule has 0 aliphatic rings. The summed E-state index contributed by atoms with van der Waals surface area (Å²) in [5.41, 5.74) is 4.85. The third-order valence-electron chi connectivity index (χ3n) is 0.992. The van der Waals surface area contributed by atoms with E-state index in [2.05, 4.69) is 15.3 Å². The summed E-state index contributed by atoms with van der Waals surface area (Å²) in [7, 11) is 0. The standard InChI is InChI=1S/C6H8ClN3.C2H7N/c1-2-8-6-3-5(7)9-4-10-6;1-2-3/h3-4H,2H2,1H3,(H,8,9,10);2-3H2,1H3. The Kier molecular flexibility index (Phi) is 7.24. The van der Waals surface area contributed by atoms with Gasteiger partial charge in [0.1, 0.15) is 17.3 Å². The van der Waals surface area contributed by atoms with E-state index in [0.717, 1.165) is 18.9 Å². The number of hydrogen-bond donors (Lipinski definition) is 2. The number of nitrogens with two attached hydrogens (primary N) is 1. The number of hydrogen-bond acceptors (Lipinski definition) is 4. The van der Waals surface area contributed by atoms with Gasteiger partial charge in [-0.1, -0.05) is 18.5 Å². The van der Waals surface area contributed by atoms with Crippen LogP contribution in [0.15, 0.2) is 12.4 Å². The fourth-order valence-electron chi connectivity index (χ4n) is 0.611. The molecule has 0 unspecified atom stereocenters. The summed E-state index contributed by atoms with van der Waals surface area (Å²) in [5.74, 6) is 0.766. The number of anilines is 1. The van der Waals surface area contributed by atoms with Gasteiger partial charge in [0.25, 0.3) is 0 Å². The van der Waals surface area contributed by atoms with Crippen LogP contribution in [0.4, 0.5) is 5.82 Å². The number of halogens is 1. The molecule has 0 atom stereocenters. The van der Waals surface area contributed by atoms with Crippen molar-refractivity contribution in [2.24, 2.45) is 5.73 Å². The highest BCUT2D eigenvalue weighted by Gasteiger charge is 1.91. The molecule has 1 aromatic heterocycles. The molecule has 13 heavy (non-hydrogen) atoms. The second-order valence-electron chi connectivity index (χ2n) is 2.16. The van der Waals surface area contributed by atoms with E-state index < -0.39 is 0 Å². The Hall–Kier alpha value is -0.870. The van der Waals surface area contributed by atoms with Crippen LogP contribution in [0, 0.1) is 0 Å². The van der Waals surface area contributed by atoms with Gasteiger partial charge in [-0.2, -0.15) is 0 Å². The van der Waals surface area contributed by atoms with E-state index in [4.69, 9.17) is 17.3 Å². The van der Waals surface area contributed by atoms with Crippen LogP contribution in [-0.2, 0) is 0 Å². The van der Waals surface area contributed by atoms with Gasteiger partial charge in [0, 0.05) is 12.6 Å². The van der Waals surface area contributed by atoms with Crippen molar-refractivity contribution in [3.8, 4) is 0 Å². The number of aromatic nitrogens is 2. The highest BCUT2D eigenvalue weighted by molar-refractivity contribution is 6.29. The largest absolute Gasteiger partial charge is 0.370 e.